The van der Waals surface area contributed by atoms with E-state index in [0.29, 0.717) is 13.0 Å². The zero-order valence-corrected chi connectivity index (χ0v) is 10.2. The molecule has 0 aliphatic carbocycles. The highest BCUT2D eigenvalue weighted by molar-refractivity contribution is 5.66. The summed E-state index contributed by atoms with van der Waals surface area (Å²) in [7, 11) is 1.67. The number of methoxy groups -OCH3 is 1. The Labute approximate surface area is 101 Å². The molecule has 1 atom stereocenters. The Kier molecular flexibility index (Phi) is 5.49. The molecule has 0 amide bonds. The molecule has 0 fully saturated rings. The lowest BCUT2D eigenvalue weighted by Gasteiger charge is -2.11. The molecule has 94 valence electrons. The average Bonchev–Trinajstić information content (AvgIpc) is 2.34. The second-order valence-corrected chi connectivity index (χ2v) is 3.79. The van der Waals surface area contributed by atoms with E-state index in [2.05, 4.69) is 0 Å². The predicted octanol–water partition coefficient (Wildman–Crippen LogP) is 2.64. The molecule has 1 rings (SSSR count). The highest BCUT2D eigenvalue weighted by atomic mass is 16.5. The van der Waals surface area contributed by atoms with Gasteiger partial charge in [0.1, 0.15) is 5.75 Å². The molecule has 0 saturated carbocycles. The molecule has 1 aromatic rings. The van der Waals surface area contributed by atoms with Gasteiger partial charge in [0.15, 0.2) is 0 Å². The molecule has 1 unspecified atom stereocenters. The zero-order chi connectivity index (χ0) is 12.7. The summed E-state index contributed by atoms with van der Waals surface area (Å²) in [5, 5.41) is 8.47. The summed E-state index contributed by atoms with van der Waals surface area (Å²) in [5.74, 6) is -0.0414. The number of carboxylic acids is 1. The number of carbonyl (C=O) groups is 1. The van der Waals surface area contributed by atoms with Crippen molar-refractivity contribution < 1.29 is 19.4 Å². The molecule has 4 nitrogen and oxygen atoms in total. The summed E-state index contributed by atoms with van der Waals surface area (Å²) >= 11 is 0. The highest BCUT2D eigenvalue weighted by Gasteiger charge is 2.03. The minimum absolute atomic E-state index is 0.0658. The van der Waals surface area contributed by atoms with E-state index in [1.807, 2.05) is 31.2 Å². The number of rotatable bonds is 7. The van der Waals surface area contributed by atoms with Crippen LogP contribution in [0.4, 0.5) is 0 Å². The van der Waals surface area contributed by atoms with Crippen LogP contribution in [-0.2, 0) is 9.53 Å². The second-order valence-electron chi connectivity index (χ2n) is 3.79. The van der Waals surface area contributed by atoms with Crippen LogP contribution in [0.1, 0.15) is 31.4 Å². The number of aliphatic carboxylic acids is 1. The fourth-order valence-electron chi connectivity index (χ4n) is 1.38. The average molecular weight is 238 g/mol. The lowest BCUT2D eigenvalue weighted by atomic mass is 10.1. The van der Waals surface area contributed by atoms with Crippen molar-refractivity contribution in [2.45, 2.75) is 25.9 Å². The molecule has 4 heteroatoms. The van der Waals surface area contributed by atoms with E-state index in [1.54, 1.807) is 7.11 Å². The van der Waals surface area contributed by atoms with Crippen LogP contribution in [0.2, 0.25) is 0 Å². The third-order valence-corrected chi connectivity index (χ3v) is 2.51. The van der Waals surface area contributed by atoms with Crippen LogP contribution in [0, 0.1) is 0 Å². The van der Waals surface area contributed by atoms with Gasteiger partial charge in [0.25, 0.3) is 0 Å². The zero-order valence-electron chi connectivity index (χ0n) is 10.2. The quantitative estimate of drug-likeness (QED) is 0.742. The van der Waals surface area contributed by atoms with Crippen LogP contribution in [0.5, 0.6) is 5.75 Å². The van der Waals surface area contributed by atoms with Crippen LogP contribution in [-0.4, -0.2) is 24.8 Å². The van der Waals surface area contributed by atoms with Gasteiger partial charge in [0.05, 0.1) is 12.7 Å². The van der Waals surface area contributed by atoms with Gasteiger partial charge in [-0.05, 0) is 31.0 Å². The standard InChI is InChI=1S/C13H18O4/c1-10(16-2)11-5-7-12(8-6-11)17-9-3-4-13(14)15/h5-8,10H,3-4,9H2,1-2H3,(H,14,15). The van der Waals surface area contributed by atoms with Crippen molar-refractivity contribution in [3.63, 3.8) is 0 Å². The summed E-state index contributed by atoms with van der Waals surface area (Å²) in [6, 6.07) is 7.62. The maximum absolute atomic E-state index is 10.3. The maximum atomic E-state index is 10.3. The van der Waals surface area contributed by atoms with Crippen molar-refractivity contribution in [3.8, 4) is 5.75 Å². The fraction of sp³-hybridized carbons (Fsp3) is 0.462. The van der Waals surface area contributed by atoms with Crippen molar-refractivity contribution >= 4 is 5.97 Å². The van der Waals surface area contributed by atoms with Gasteiger partial charge >= 0.3 is 5.97 Å². The topological polar surface area (TPSA) is 55.8 Å². The lowest BCUT2D eigenvalue weighted by Crippen LogP contribution is -2.02. The predicted molar refractivity (Wildman–Crippen MR) is 64.2 cm³/mol. The summed E-state index contributed by atoms with van der Waals surface area (Å²) in [5.41, 5.74) is 1.09. The van der Waals surface area contributed by atoms with Gasteiger partial charge < -0.3 is 14.6 Å². The summed E-state index contributed by atoms with van der Waals surface area (Å²) in [6.45, 7) is 2.40. The molecule has 0 aliphatic rings. The molecule has 0 saturated heterocycles. The van der Waals surface area contributed by atoms with Crippen molar-refractivity contribution in [2.75, 3.05) is 13.7 Å². The third kappa shape index (κ3) is 4.87. The smallest absolute Gasteiger partial charge is 0.303 e. The first kappa shape index (κ1) is 13.5. The van der Waals surface area contributed by atoms with Crippen molar-refractivity contribution in [2.24, 2.45) is 0 Å². The van der Waals surface area contributed by atoms with Gasteiger partial charge in [-0.15, -0.1) is 0 Å². The van der Waals surface area contributed by atoms with Crippen molar-refractivity contribution in [1.82, 2.24) is 0 Å². The minimum atomic E-state index is -0.794. The van der Waals surface area contributed by atoms with Gasteiger partial charge in [-0.3, -0.25) is 4.79 Å². The maximum Gasteiger partial charge on any atom is 0.303 e. The molecule has 17 heavy (non-hydrogen) atoms. The van der Waals surface area contributed by atoms with E-state index >= 15 is 0 Å². The third-order valence-electron chi connectivity index (χ3n) is 2.51. The van der Waals surface area contributed by atoms with Gasteiger partial charge in [-0.1, -0.05) is 12.1 Å². The molecule has 1 N–H and O–H groups in total. The van der Waals surface area contributed by atoms with Gasteiger partial charge in [-0.2, -0.15) is 0 Å². The lowest BCUT2D eigenvalue weighted by molar-refractivity contribution is -0.137. The van der Waals surface area contributed by atoms with E-state index in [4.69, 9.17) is 14.6 Å². The number of hydrogen-bond acceptors (Lipinski definition) is 3. The Morgan fingerprint density at radius 1 is 1.35 bits per heavy atom. The Morgan fingerprint density at radius 3 is 2.53 bits per heavy atom. The minimum Gasteiger partial charge on any atom is -0.494 e. The normalized spacial score (nSPS) is 12.1. The fourth-order valence-corrected chi connectivity index (χ4v) is 1.38. The van der Waals surface area contributed by atoms with Crippen LogP contribution < -0.4 is 4.74 Å². The molecular formula is C13H18O4. The largest absolute Gasteiger partial charge is 0.494 e. The van der Waals surface area contributed by atoms with E-state index in [-0.39, 0.29) is 12.5 Å². The van der Waals surface area contributed by atoms with Crippen molar-refractivity contribution in [3.05, 3.63) is 29.8 Å². The van der Waals surface area contributed by atoms with E-state index in [0.717, 1.165) is 11.3 Å². The number of carboxylic acid groups (broad SMARTS) is 1. The van der Waals surface area contributed by atoms with Crippen LogP contribution in [0.15, 0.2) is 24.3 Å². The van der Waals surface area contributed by atoms with Crippen LogP contribution in [0.3, 0.4) is 0 Å². The van der Waals surface area contributed by atoms with Crippen LogP contribution in [0.25, 0.3) is 0 Å². The molecule has 0 bridgehead atoms. The number of ether oxygens (including phenoxy) is 2. The molecule has 1 aromatic carbocycles. The number of hydrogen-bond donors (Lipinski definition) is 1. The monoisotopic (exact) mass is 238 g/mol. The molecule has 0 aromatic heterocycles. The Balaban J connectivity index is 2.38. The first-order valence-corrected chi connectivity index (χ1v) is 5.61. The molecule has 0 spiro atoms. The Morgan fingerprint density at radius 2 is 2.00 bits per heavy atom. The van der Waals surface area contributed by atoms with E-state index in [9.17, 15) is 4.79 Å². The highest BCUT2D eigenvalue weighted by Crippen LogP contribution is 2.19. The molecule has 0 aliphatic heterocycles. The summed E-state index contributed by atoms with van der Waals surface area (Å²) in [6.07, 6.45) is 0.723. The molecule has 0 heterocycles. The summed E-state index contributed by atoms with van der Waals surface area (Å²) < 4.78 is 10.6. The number of benzene rings is 1. The summed E-state index contributed by atoms with van der Waals surface area (Å²) in [4.78, 5) is 10.3. The van der Waals surface area contributed by atoms with Crippen LogP contribution >= 0.6 is 0 Å². The van der Waals surface area contributed by atoms with E-state index in [1.165, 1.54) is 0 Å². The van der Waals surface area contributed by atoms with Gasteiger partial charge in [0, 0.05) is 13.5 Å². The van der Waals surface area contributed by atoms with Gasteiger partial charge in [-0.25, -0.2) is 0 Å². The Hall–Kier alpha value is -1.55. The second kappa shape index (κ2) is 6.91. The van der Waals surface area contributed by atoms with Gasteiger partial charge in [0.2, 0.25) is 0 Å². The first-order valence-electron chi connectivity index (χ1n) is 5.61. The molecule has 0 radical (unpaired) electrons. The molecular weight excluding hydrogens is 220 g/mol. The first-order chi connectivity index (χ1) is 8.13. The Bertz CT molecular complexity index is 345. The van der Waals surface area contributed by atoms with Crippen molar-refractivity contribution in [1.29, 1.82) is 0 Å². The van der Waals surface area contributed by atoms with E-state index < -0.39 is 5.97 Å². The SMILES string of the molecule is COC(C)c1ccc(OCCCC(=O)O)cc1.